The van der Waals surface area contributed by atoms with Gasteiger partial charge in [-0.15, -0.1) is 11.3 Å². The maximum Gasteiger partial charge on any atom is 0.264 e. The molecule has 1 unspecified atom stereocenters. The van der Waals surface area contributed by atoms with Gasteiger partial charge in [-0.3, -0.25) is 4.79 Å². The third-order valence-corrected chi connectivity index (χ3v) is 6.15. The summed E-state index contributed by atoms with van der Waals surface area (Å²) < 4.78 is 0. The minimum atomic E-state index is 0.242. The molecule has 3 heterocycles. The fourth-order valence-corrected chi connectivity index (χ4v) is 4.79. The molecule has 0 radical (unpaired) electrons. The molecule has 1 amide bonds. The molecule has 3 nitrogen and oxygen atoms in total. The molecule has 0 aromatic carbocycles. The Hall–Kier alpha value is -0.520. The van der Waals surface area contributed by atoms with E-state index in [9.17, 15) is 4.79 Å². The van der Waals surface area contributed by atoms with E-state index in [1.807, 2.05) is 29.3 Å². The highest BCUT2D eigenvalue weighted by Gasteiger charge is 2.29. The summed E-state index contributed by atoms with van der Waals surface area (Å²) in [4.78, 5) is 18.3. The molecule has 0 bridgehead atoms. The standard InChI is InChI=1S/C15H22N2OS2/c18-15(14-5-3-10-20-14)17-8-4-9-19-12-13(17)11-16-6-1-2-7-16/h3,5,10,13H,1-2,4,6-9,11-12H2. The highest BCUT2D eigenvalue weighted by Crippen LogP contribution is 2.22. The van der Waals surface area contributed by atoms with Gasteiger partial charge >= 0.3 is 0 Å². The Labute approximate surface area is 129 Å². The van der Waals surface area contributed by atoms with Gasteiger partial charge in [-0.25, -0.2) is 0 Å². The van der Waals surface area contributed by atoms with Crippen LogP contribution in [0.2, 0.25) is 0 Å². The second-order valence-electron chi connectivity index (χ2n) is 5.57. The van der Waals surface area contributed by atoms with Crippen LogP contribution in [0.5, 0.6) is 0 Å². The number of hydrogen-bond acceptors (Lipinski definition) is 4. The molecule has 2 saturated heterocycles. The Morgan fingerprint density at radius 1 is 1.25 bits per heavy atom. The zero-order valence-electron chi connectivity index (χ0n) is 11.8. The van der Waals surface area contributed by atoms with Crippen molar-refractivity contribution in [3.8, 4) is 0 Å². The normalized spacial score (nSPS) is 24.8. The second kappa shape index (κ2) is 6.96. The first-order valence-corrected chi connectivity index (χ1v) is 9.52. The van der Waals surface area contributed by atoms with Gasteiger partial charge in [0.05, 0.1) is 10.9 Å². The van der Waals surface area contributed by atoms with E-state index in [0.717, 1.165) is 30.1 Å². The van der Waals surface area contributed by atoms with E-state index in [4.69, 9.17) is 0 Å². The lowest BCUT2D eigenvalue weighted by molar-refractivity contribution is 0.0671. The lowest BCUT2D eigenvalue weighted by atomic mass is 10.2. The number of hydrogen-bond donors (Lipinski definition) is 0. The number of thioether (sulfide) groups is 1. The van der Waals surface area contributed by atoms with E-state index in [2.05, 4.69) is 9.80 Å². The van der Waals surface area contributed by atoms with Crippen molar-refractivity contribution < 1.29 is 4.79 Å². The van der Waals surface area contributed by atoms with Gasteiger partial charge in [0.15, 0.2) is 0 Å². The molecule has 5 heteroatoms. The van der Waals surface area contributed by atoms with Gasteiger partial charge < -0.3 is 9.80 Å². The maximum absolute atomic E-state index is 12.7. The van der Waals surface area contributed by atoms with Gasteiger partial charge in [0.25, 0.3) is 5.91 Å². The average molecular weight is 310 g/mol. The predicted octanol–water partition coefficient (Wildman–Crippen LogP) is 2.79. The van der Waals surface area contributed by atoms with E-state index in [1.165, 1.54) is 31.7 Å². The van der Waals surface area contributed by atoms with E-state index >= 15 is 0 Å². The van der Waals surface area contributed by atoms with Gasteiger partial charge in [0.1, 0.15) is 0 Å². The summed E-state index contributed by atoms with van der Waals surface area (Å²) in [7, 11) is 0. The number of carbonyl (C=O) groups excluding carboxylic acids is 1. The molecular formula is C15H22N2OS2. The van der Waals surface area contributed by atoms with E-state index in [-0.39, 0.29) is 5.91 Å². The summed E-state index contributed by atoms with van der Waals surface area (Å²) >= 11 is 3.57. The molecule has 0 saturated carbocycles. The fraction of sp³-hybridized carbons (Fsp3) is 0.667. The highest BCUT2D eigenvalue weighted by atomic mass is 32.2. The molecule has 2 aliphatic heterocycles. The smallest absolute Gasteiger partial charge is 0.264 e. The first kappa shape index (κ1) is 14.4. The van der Waals surface area contributed by atoms with Crippen LogP contribution in [0.3, 0.4) is 0 Å². The summed E-state index contributed by atoms with van der Waals surface area (Å²) in [6.45, 7) is 4.40. The third kappa shape index (κ3) is 3.38. The van der Waals surface area contributed by atoms with Crippen molar-refractivity contribution in [1.82, 2.24) is 9.80 Å². The molecular weight excluding hydrogens is 288 g/mol. The quantitative estimate of drug-likeness (QED) is 0.858. The number of carbonyl (C=O) groups is 1. The van der Waals surface area contributed by atoms with E-state index in [0.29, 0.717) is 6.04 Å². The zero-order chi connectivity index (χ0) is 13.8. The Bertz CT molecular complexity index is 429. The van der Waals surface area contributed by atoms with Gasteiger partial charge in [0.2, 0.25) is 0 Å². The summed E-state index contributed by atoms with van der Waals surface area (Å²) in [5.74, 6) is 2.52. The number of nitrogens with zero attached hydrogens (tertiary/aromatic N) is 2. The first-order chi connectivity index (χ1) is 9.84. The second-order valence-corrected chi connectivity index (χ2v) is 7.66. The van der Waals surface area contributed by atoms with E-state index in [1.54, 1.807) is 11.3 Å². The van der Waals surface area contributed by atoms with Gasteiger partial charge in [0, 0.05) is 18.8 Å². The number of amides is 1. The minimum Gasteiger partial charge on any atom is -0.333 e. The highest BCUT2D eigenvalue weighted by molar-refractivity contribution is 7.99. The molecule has 2 aliphatic rings. The zero-order valence-corrected chi connectivity index (χ0v) is 13.4. The number of thiophene rings is 1. The largest absolute Gasteiger partial charge is 0.333 e. The Kier molecular flexibility index (Phi) is 5.02. The topological polar surface area (TPSA) is 23.6 Å². The van der Waals surface area contributed by atoms with Crippen molar-refractivity contribution >= 4 is 29.0 Å². The van der Waals surface area contributed by atoms with Gasteiger partial charge in [-0.05, 0) is 49.6 Å². The first-order valence-electron chi connectivity index (χ1n) is 7.49. The van der Waals surface area contributed by atoms with Crippen molar-refractivity contribution in [1.29, 1.82) is 0 Å². The maximum atomic E-state index is 12.7. The average Bonchev–Trinajstić information content (AvgIpc) is 3.10. The molecule has 0 N–H and O–H groups in total. The number of likely N-dealkylation sites (tertiary alicyclic amines) is 1. The lowest BCUT2D eigenvalue weighted by Gasteiger charge is -2.32. The van der Waals surface area contributed by atoms with Crippen molar-refractivity contribution in [3.05, 3.63) is 22.4 Å². The molecule has 20 heavy (non-hydrogen) atoms. The molecule has 1 atom stereocenters. The Balaban J connectivity index is 1.71. The molecule has 0 aliphatic carbocycles. The Morgan fingerprint density at radius 3 is 2.85 bits per heavy atom. The van der Waals surface area contributed by atoms with Crippen LogP contribution in [0.25, 0.3) is 0 Å². The summed E-state index contributed by atoms with van der Waals surface area (Å²) in [5, 5.41) is 2.00. The summed E-state index contributed by atoms with van der Waals surface area (Å²) in [6.07, 6.45) is 3.76. The monoisotopic (exact) mass is 310 g/mol. The summed E-state index contributed by atoms with van der Waals surface area (Å²) in [5.41, 5.74) is 0. The molecule has 0 spiro atoms. The Morgan fingerprint density at radius 2 is 2.10 bits per heavy atom. The lowest BCUT2D eigenvalue weighted by Crippen LogP contribution is -2.47. The molecule has 110 valence electrons. The van der Waals surface area contributed by atoms with Crippen molar-refractivity contribution in [2.24, 2.45) is 0 Å². The van der Waals surface area contributed by atoms with Crippen LogP contribution in [-0.2, 0) is 0 Å². The van der Waals surface area contributed by atoms with Crippen LogP contribution in [0.1, 0.15) is 28.9 Å². The van der Waals surface area contributed by atoms with Gasteiger partial charge in [-0.2, -0.15) is 11.8 Å². The van der Waals surface area contributed by atoms with Crippen LogP contribution in [0.15, 0.2) is 17.5 Å². The van der Waals surface area contributed by atoms with Crippen molar-refractivity contribution in [2.45, 2.75) is 25.3 Å². The summed E-state index contributed by atoms with van der Waals surface area (Å²) in [6, 6.07) is 4.31. The van der Waals surface area contributed by atoms with Crippen LogP contribution < -0.4 is 0 Å². The fourth-order valence-electron chi connectivity index (χ4n) is 3.05. The van der Waals surface area contributed by atoms with Crippen LogP contribution in [-0.4, -0.2) is 59.4 Å². The third-order valence-electron chi connectivity index (χ3n) is 4.10. The van der Waals surface area contributed by atoms with Crippen molar-refractivity contribution in [2.75, 3.05) is 37.7 Å². The van der Waals surface area contributed by atoms with Crippen LogP contribution >= 0.6 is 23.1 Å². The van der Waals surface area contributed by atoms with Crippen LogP contribution in [0.4, 0.5) is 0 Å². The minimum absolute atomic E-state index is 0.242. The molecule has 2 fully saturated rings. The molecule has 3 rings (SSSR count). The predicted molar refractivity (Wildman–Crippen MR) is 86.8 cm³/mol. The molecule has 1 aromatic heterocycles. The van der Waals surface area contributed by atoms with Gasteiger partial charge in [-0.1, -0.05) is 6.07 Å². The SMILES string of the molecule is O=C(c1cccs1)N1CCCSCC1CN1CCCC1. The van der Waals surface area contributed by atoms with Crippen LogP contribution in [0, 0.1) is 0 Å². The number of rotatable bonds is 3. The molecule has 1 aromatic rings. The van der Waals surface area contributed by atoms with Crippen molar-refractivity contribution in [3.63, 3.8) is 0 Å². The van der Waals surface area contributed by atoms with E-state index < -0.39 is 0 Å².